The molecule has 0 aliphatic carbocycles. The van der Waals surface area contributed by atoms with Gasteiger partial charge in [-0.3, -0.25) is 4.79 Å². The lowest BCUT2D eigenvalue weighted by atomic mass is 9.99. The van der Waals surface area contributed by atoms with E-state index in [9.17, 15) is 4.79 Å². The van der Waals surface area contributed by atoms with Crippen molar-refractivity contribution in [2.75, 3.05) is 13.1 Å². The molecule has 0 aromatic carbocycles. The molecule has 1 atom stereocenters. The molecule has 1 saturated heterocycles. The third kappa shape index (κ3) is 2.74. The Hall–Kier alpha value is -1.01. The van der Waals surface area contributed by atoms with Crippen LogP contribution in [0.4, 0.5) is 0 Å². The number of nitrogens with one attached hydrogen (secondary N) is 2. The summed E-state index contributed by atoms with van der Waals surface area (Å²) in [7, 11) is 0. The van der Waals surface area contributed by atoms with E-state index in [-0.39, 0.29) is 11.4 Å². The van der Waals surface area contributed by atoms with Gasteiger partial charge in [-0.05, 0) is 32.7 Å². The molecule has 3 heteroatoms. The zero-order valence-corrected chi connectivity index (χ0v) is 8.73. The van der Waals surface area contributed by atoms with Crippen LogP contribution < -0.4 is 10.6 Å². The van der Waals surface area contributed by atoms with Crippen molar-refractivity contribution in [1.29, 1.82) is 0 Å². The van der Waals surface area contributed by atoms with Crippen molar-refractivity contribution >= 4 is 5.91 Å². The summed E-state index contributed by atoms with van der Waals surface area (Å²) >= 11 is 0. The molecule has 0 radical (unpaired) electrons. The van der Waals surface area contributed by atoms with Crippen LogP contribution in [0.25, 0.3) is 0 Å². The van der Waals surface area contributed by atoms with Gasteiger partial charge in [0.1, 0.15) is 0 Å². The molecule has 1 heterocycles. The minimum Gasteiger partial charge on any atom is -0.354 e. The Bertz CT molecular complexity index is 236. The van der Waals surface area contributed by atoms with Gasteiger partial charge in [0.2, 0.25) is 5.91 Å². The fourth-order valence-electron chi connectivity index (χ4n) is 1.68. The van der Waals surface area contributed by atoms with Crippen molar-refractivity contribution in [2.24, 2.45) is 0 Å². The van der Waals surface area contributed by atoms with Crippen LogP contribution in [0.3, 0.4) is 0 Å². The first-order valence-corrected chi connectivity index (χ1v) is 5.16. The number of hydrogen-bond donors (Lipinski definition) is 2. The summed E-state index contributed by atoms with van der Waals surface area (Å²) in [4.78, 5) is 11.7. The molecule has 0 bridgehead atoms. The van der Waals surface area contributed by atoms with Crippen LogP contribution in [-0.2, 0) is 4.79 Å². The number of carbonyl (C=O) groups excluding carboxylic acids is 1. The molecule has 1 fully saturated rings. The Labute approximate surface area is 85.6 Å². The standard InChI is InChI=1S/C11H18N2O/c1-3-4-5-8-12-10(14)11(2)7-6-9-13-11/h1,13H,4-9H2,2H3,(H,12,14). The van der Waals surface area contributed by atoms with E-state index in [4.69, 9.17) is 6.42 Å². The van der Waals surface area contributed by atoms with Gasteiger partial charge < -0.3 is 10.6 Å². The van der Waals surface area contributed by atoms with Crippen LogP contribution in [-0.4, -0.2) is 24.5 Å². The van der Waals surface area contributed by atoms with Crippen molar-refractivity contribution in [3.63, 3.8) is 0 Å². The molecular formula is C11H18N2O. The first-order chi connectivity index (χ1) is 6.69. The highest BCUT2D eigenvalue weighted by molar-refractivity contribution is 5.86. The molecule has 0 aromatic heterocycles. The fourth-order valence-corrected chi connectivity index (χ4v) is 1.68. The lowest BCUT2D eigenvalue weighted by molar-refractivity contribution is -0.126. The normalized spacial score (nSPS) is 25.7. The van der Waals surface area contributed by atoms with Crippen LogP contribution >= 0.6 is 0 Å². The Kier molecular flexibility index (Phi) is 3.97. The maximum atomic E-state index is 11.7. The Balaban J connectivity index is 2.24. The van der Waals surface area contributed by atoms with Gasteiger partial charge in [0.15, 0.2) is 0 Å². The molecule has 0 saturated carbocycles. The molecule has 0 spiro atoms. The molecule has 78 valence electrons. The number of unbranched alkanes of at least 4 members (excludes halogenated alkanes) is 1. The fraction of sp³-hybridized carbons (Fsp3) is 0.727. The van der Waals surface area contributed by atoms with E-state index in [1.165, 1.54) is 0 Å². The first-order valence-electron chi connectivity index (χ1n) is 5.16. The van der Waals surface area contributed by atoms with E-state index in [1.54, 1.807) is 0 Å². The van der Waals surface area contributed by atoms with Crippen molar-refractivity contribution in [3.8, 4) is 12.3 Å². The van der Waals surface area contributed by atoms with Crippen LogP contribution in [0, 0.1) is 12.3 Å². The van der Waals surface area contributed by atoms with E-state index < -0.39 is 0 Å². The quantitative estimate of drug-likeness (QED) is 0.510. The number of carbonyl (C=O) groups is 1. The van der Waals surface area contributed by atoms with Crippen molar-refractivity contribution in [2.45, 2.75) is 38.1 Å². The Morgan fingerprint density at radius 2 is 2.50 bits per heavy atom. The third-order valence-electron chi connectivity index (χ3n) is 2.65. The second kappa shape index (κ2) is 5.02. The maximum Gasteiger partial charge on any atom is 0.240 e. The van der Waals surface area contributed by atoms with Crippen LogP contribution in [0.2, 0.25) is 0 Å². The highest BCUT2D eigenvalue weighted by Crippen LogP contribution is 2.18. The summed E-state index contributed by atoms with van der Waals surface area (Å²) in [5, 5.41) is 6.12. The predicted octanol–water partition coefficient (Wildman–Crippen LogP) is 0.658. The number of amides is 1. The summed E-state index contributed by atoms with van der Waals surface area (Å²) in [6.07, 6.45) is 8.71. The van der Waals surface area contributed by atoms with E-state index in [2.05, 4.69) is 16.6 Å². The largest absolute Gasteiger partial charge is 0.354 e. The summed E-state index contributed by atoms with van der Waals surface area (Å²) in [5.74, 6) is 2.66. The summed E-state index contributed by atoms with van der Waals surface area (Å²) in [5.41, 5.74) is -0.351. The minimum absolute atomic E-state index is 0.104. The lowest BCUT2D eigenvalue weighted by Gasteiger charge is -2.22. The molecular weight excluding hydrogens is 176 g/mol. The smallest absolute Gasteiger partial charge is 0.240 e. The van der Waals surface area contributed by atoms with Crippen molar-refractivity contribution < 1.29 is 4.79 Å². The summed E-state index contributed by atoms with van der Waals surface area (Å²) in [6, 6.07) is 0. The van der Waals surface area contributed by atoms with E-state index in [1.807, 2.05) is 6.92 Å². The molecule has 3 nitrogen and oxygen atoms in total. The summed E-state index contributed by atoms with van der Waals surface area (Å²) in [6.45, 7) is 3.57. The highest BCUT2D eigenvalue weighted by atomic mass is 16.2. The lowest BCUT2D eigenvalue weighted by Crippen LogP contribution is -2.51. The second-order valence-corrected chi connectivity index (χ2v) is 3.93. The zero-order valence-electron chi connectivity index (χ0n) is 8.73. The zero-order chi connectivity index (χ0) is 10.4. The van der Waals surface area contributed by atoms with Crippen LogP contribution in [0.1, 0.15) is 32.6 Å². The molecule has 1 aliphatic rings. The van der Waals surface area contributed by atoms with Gasteiger partial charge in [-0.2, -0.15) is 0 Å². The highest BCUT2D eigenvalue weighted by Gasteiger charge is 2.35. The molecule has 2 N–H and O–H groups in total. The molecule has 1 rings (SSSR count). The SMILES string of the molecule is C#CCCCNC(=O)C1(C)CCCN1. The van der Waals surface area contributed by atoms with Crippen LogP contribution in [0.15, 0.2) is 0 Å². The predicted molar refractivity (Wildman–Crippen MR) is 56.7 cm³/mol. The molecule has 0 aromatic rings. The van der Waals surface area contributed by atoms with Gasteiger partial charge in [0.05, 0.1) is 5.54 Å². The monoisotopic (exact) mass is 194 g/mol. The van der Waals surface area contributed by atoms with E-state index >= 15 is 0 Å². The van der Waals surface area contributed by atoms with Gasteiger partial charge in [0, 0.05) is 13.0 Å². The molecule has 1 amide bonds. The van der Waals surface area contributed by atoms with Crippen LogP contribution in [0.5, 0.6) is 0 Å². The number of terminal acetylenes is 1. The first kappa shape index (κ1) is 11.1. The van der Waals surface area contributed by atoms with Crippen molar-refractivity contribution in [1.82, 2.24) is 10.6 Å². The topological polar surface area (TPSA) is 41.1 Å². The number of hydrogen-bond acceptors (Lipinski definition) is 2. The Morgan fingerprint density at radius 1 is 1.71 bits per heavy atom. The van der Waals surface area contributed by atoms with Gasteiger partial charge in [-0.15, -0.1) is 12.3 Å². The van der Waals surface area contributed by atoms with Gasteiger partial charge >= 0.3 is 0 Å². The minimum atomic E-state index is -0.351. The second-order valence-electron chi connectivity index (χ2n) is 3.93. The third-order valence-corrected chi connectivity index (χ3v) is 2.65. The average molecular weight is 194 g/mol. The van der Waals surface area contributed by atoms with E-state index in [0.717, 1.165) is 32.2 Å². The molecule has 1 aliphatic heterocycles. The van der Waals surface area contributed by atoms with Crippen molar-refractivity contribution in [3.05, 3.63) is 0 Å². The molecule has 1 unspecified atom stereocenters. The Morgan fingerprint density at radius 3 is 3.07 bits per heavy atom. The average Bonchev–Trinajstić information content (AvgIpc) is 2.61. The van der Waals surface area contributed by atoms with Gasteiger partial charge in [-0.1, -0.05) is 0 Å². The van der Waals surface area contributed by atoms with Gasteiger partial charge in [0.25, 0.3) is 0 Å². The van der Waals surface area contributed by atoms with E-state index in [0.29, 0.717) is 6.54 Å². The number of rotatable bonds is 4. The maximum absolute atomic E-state index is 11.7. The summed E-state index contributed by atoms with van der Waals surface area (Å²) < 4.78 is 0. The molecule has 14 heavy (non-hydrogen) atoms. The van der Waals surface area contributed by atoms with Gasteiger partial charge in [-0.25, -0.2) is 0 Å².